The average Bonchev–Trinajstić information content (AvgIpc) is 2.92. The van der Waals surface area contributed by atoms with Crippen LogP contribution in [0.3, 0.4) is 0 Å². The van der Waals surface area contributed by atoms with Gasteiger partial charge in [-0.2, -0.15) is 0 Å². The largest absolute Gasteiger partial charge is 0.439 e. The van der Waals surface area contributed by atoms with Crippen molar-refractivity contribution < 1.29 is 4.42 Å². The van der Waals surface area contributed by atoms with Gasteiger partial charge in [0.2, 0.25) is 5.89 Å². The molecule has 4 heteroatoms. The van der Waals surface area contributed by atoms with E-state index in [4.69, 9.17) is 4.42 Å². The van der Waals surface area contributed by atoms with Gasteiger partial charge < -0.3 is 9.73 Å². The lowest BCUT2D eigenvalue weighted by molar-refractivity contribution is 0.471. The fraction of sp³-hybridized carbons (Fsp3) is 0.188. The van der Waals surface area contributed by atoms with Gasteiger partial charge in [0, 0.05) is 12.2 Å². The maximum absolute atomic E-state index is 5.96. The van der Waals surface area contributed by atoms with Gasteiger partial charge in [0.25, 0.3) is 0 Å². The molecule has 3 aromatic rings. The maximum atomic E-state index is 5.96. The number of para-hydroxylation sites is 2. The maximum Gasteiger partial charge on any atom is 0.200 e. The Labute approximate surface area is 125 Å². The van der Waals surface area contributed by atoms with Crippen molar-refractivity contribution in [2.45, 2.75) is 12.3 Å². The van der Waals surface area contributed by atoms with Gasteiger partial charge in [0.1, 0.15) is 5.52 Å². The van der Waals surface area contributed by atoms with Crippen LogP contribution in [0.4, 0.5) is 5.69 Å². The van der Waals surface area contributed by atoms with Gasteiger partial charge in [0.05, 0.1) is 10.4 Å². The van der Waals surface area contributed by atoms with Crippen LogP contribution in [0.25, 0.3) is 11.1 Å². The minimum atomic E-state index is 0.282. The first-order chi connectivity index (χ1) is 9.81. The Bertz CT molecular complexity index is 781. The zero-order valence-corrected chi connectivity index (χ0v) is 12.4. The third-order valence-corrected chi connectivity index (χ3v) is 4.38. The number of nitrogens with one attached hydrogen (secondary N) is 1. The first-order valence-corrected chi connectivity index (χ1v) is 7.47. The molecule has 4 rings (SSSR count). The molecule has 1 unspecified atom stereocenters. The van der Waals surface area contributed by atoms with E-state index in [2.05, 4.69) is 50.5 Å². The highest BCUT2D eigenvalue weighted by molar-refractivity contribution is 9.10. The fourth-order valence-corrected chi connectivity index (χ4v) is 3.16. The number of oxazole rings is 1. The van der Waals surface area contributed by atoms with E-state index in [9.17, 15) is 0 Å². The summed E-state index contributed by atoms with van der Waals surface area (Å²) in [4.78, 5) is 4.63. The minimum Gasteiger partial charge on any atom is -0.439 e. The van der Waals surface area contributed by atoms with Crippen LogP contribution in [0.15, 0.2) is 51.4 Å². The summed E-state index contributed by atoms with van der Waals surface area (Å²) in [5.41, 5.74) is 4.29. The van der Waals surface area contributed by atoms with E-state index >= 15 is 0 Å². The molecule has 20 heavy (non-hydrogen) atoms. The Hall–Kier alpha value is -1.81. The lowest BCUT2D eigenvalue weighted by atomic mass is 9.94. The third-order valence-electron chi connectivity index (χ3n) is 3.76. The summed E-state index contributed by atoms with van der Waals surface area (Å²) < 4.78 is 6.91. The highest BCUT2D eigenvalue weighted by Crippen LogP contribution is 2.33. The van der Waals surface area contributed by atoms with Crippen molar-refractivity contribution in [3.8, 4) is 0 Å². The highest BCUT2D eigenvalue weighted by atomic mass is 79.9. The number of halogens is 1. The first-order valence-electron chi connectivity index (χ1n) is 6.68. The van der Waals surface area contributed by atoms with Gasteiger partial charge in [-0.05, 0) is 46.1 Å². The lowest BCUT2D eigenvalue weighted by Crippen LogP contribution is -2.21. The zero-order valence-electron chi connectivity index (χ0n) is 10.8. The summed E-state index contributed by atoms with van der Waals surface area (Å²) in [6, 6.07) is 14.4. The minimum absolute atomic E-state index is 0.282. The number of rotatable bonds is 1. The topological polar surface area (TPSA) is 38.1 Å². The number of hydrogen-bond acceptors (Lipinski definition) is 3. The lowest BCUT2D eigenvalue weighted by Gasteiger charge is -2.23. The van der Waals surface area contributed by atoms with Gasteiger partial charge >= 0.3 is 0 Å². The molecule has 2 heterocycles. The molecule has 0 fully saturated rings. The summed E-state index contributed by atoms with van der Waals surface area (Å²) in [6.07, 6.45) is 0.966. The standard InChI is InChI=1S/C16H13BrN2O/c17-12-5-3-7-14-15(12)20-16(19-14)11-8-10-4-1-2-6-13(10)18-9-11/h1-7,11,18H,8-9H2. The van der Waals surface area contributed by atoms with Gasteiger partial charge in [-0.15, -0.1) is 0 Å². The molecular weight excluding hydrogens is 316 g/mol. The molecular formula is C16H13BrN2O. The predicted molar refractivity (Wildman–Crippen MR) is 83.1 cm³/mol. The van der Waals surface area contributed by atoms with Crippen LogP contribution < -0.4 is 5.32 Å². The van der Waals surface area contributed by atoms with E-state index in [0.29, 0.717) is 0 Å². The molecule has 1 N–H and O–H groups in total. The molecule has 0 radical (unpaired) electrons. The summed E-state index contributed by atoms with van der Waals surface area (Å²) in [5.74, 6) is 1.10. The Morgan fingerprint density at radius 2 is 2.05 bits per heavy atom. The second kappa shape index (κ2) is 4.63. The van der Waals surface area contributed by atoms with Gasteiger partial charge in [-0.3, -0.25) is 0 Å². The normalized spacial score (nSPS) is 17.8. The summed E-state index contributed by atoms with van der Waals surface area (Å²) >= 11 is 3.51. The quantitative estimate of drug-likeness (QED) is 0.722. The van der Waals surface area contributed by atoms with Crippen LogP contribution in [-0.4, -0.2) is 11.5 Å². The monoisotopic (exact) mass is 328 g/mol. The first kappa shape index (κ1) is 12.0. The second-order valence-electron chi connectivity index (χ2n) is 5.08. The molecule has 3 nitrogen and oxygen atoms in total. The number of fused-ring (bicyclic) bond motifs is 2. The molecule has 2 aromatic carbocycles. The number of benzene rings is 2. The van der Waals surface area contributed by atoms with Crippen molar-refractivity contribution in [1.29, 1.82) is 0 Å². The van der Waals surface area contributed by atoms with E-state index in [1.54, 1.807) is 0 Å². The average molecular weight is 329 g/mol. The van der Waals surface area contributed by atoms with Gasteiger partial charge in [-0.1, -0.05) is 24.3 Å². The van der Waals surface area contributed by atoms with E-state index in [1.807, 2.05) is 18.2 Å². The Kier molecular flexibility index (Phi) is 2.77. The van der Waals surface area contributed by atoms with Crippen molar-refractivity contribution in [3.63, 3.8) is 0 Å². The highest BCUT2D eigenvalue weighted by Gasteiger charge is 2.24. The molecule has 0 spiro atoms. The van der Waals surface area contributed by atoms with Gasteiger partial charge in [0.15, 0.2) is 5.58 Å². The van der Waals surface area contributed by atoms with Crippen LogP contribution in [-0.2, 0) is 6.42 Å². The predicted octanol–water partition coefficient (Wildman–Crippen LogP) is 4.34. The number of nitrogens with zero attached hydrogens (tertiary/aromatic N) is 1. The van der Waals surface area contributed by atoms with Crippen LogP contribution in [0.5, 0.6) is 0 Å². The van der Waals surface area contributed by atoms with E-state index in [0.717, 1.165) is 34.4 Å². The second-order valence-corrected chi connectivity index (χ2v) is 5.93. The van der Waals surface area contributed by atoms with Crippen LogP contribution in [0.2, 0.25) is 0 Å². The Balaban J connectivity index is 1.72. The van der Waals surface area contributed by atoms with E-state index in [-0.39, 0.29) is 5.92 Å². The molecule has 1 aliphatic rings. The Morgan fingerprint density at radius 1 is 1.15 bits per heavy atom. The van der Waals surface area contributed by atoms with Crippen molar-refractivity contribution in [2.75, 3.05) is 11.9 Å². The van der Waals surface area contributed by atoms with Crippen molar-refractivity contribution in [3.05, 3.63) is 58.4 Å². The van der Waals surface area contributed by atoms with Crippen LogP contribution >= 0.6 is 15.9 Å². The van der Waals surface area contributed by atoms with Crippen molar-refractivity contribution >= 4 is 32.7 Å². The van der Waals surface area contributed by atoms with Crippen LogP contribution in [0, 0.1) is 0 Å². The zero-order chi connectivity index (χ0) is 13.5. The van der Waals surface area contributed by atoms with Crippen molar-refractivity contribution in [2.24, 2.45) is 0 Å². The molecule has 100 valence electrons. The smallest absolute Gasteiger partial charge is 0.200 e. The third kappa shape index (κ3) is 1.91. The van der Waals surface area contributed by atoms with E-state index < -0.39 is 0 Å². The summed E-state index contributed by atoms with van der Waals surface area (Å²) in [6.45, 7) is 0.863. The van der Waals surface area contributed by atoms with Gasteiger partial charge in [-0.25, -0.2) is 4.98 Å². The number of anilines is 1. The summed E-state index contributed by atoms with van der Waals surface area (Å²) in [7, 11) is 0. The van der Waals surface area contributed by atoms with E-state index in [1.165, 1.54) is 11.3 Å². The molecule has 0 aliphatic carbocycles. The molecule has 0 saturated carbocycles. The summed E-state index contributed by atoms with van der Waals surface area (Å²) in [5, 5.41) is 3.46. The molecule has 1 aliphatic heterocycles. The number of hydrogen-bond donors (Lipinski definition) is 1. The molecule has 1 aromatic heterocycles. The fourth-order valence-electron chi connectivity index (χ4n) is 2.72. The SMILES string of the molecule is Brc1cccc2nc(C3CNc4ccccc4C3)oc12. The van der Waals surface area contributed by atoms with Crippen molar-refractivity contribution in [1.82, 2.24) is 4.98 Å². The molecule has 0 amide bonds. The molecule has 0 saturated heterocycles. The Morgan fingerprint density at radius 3 is 2.95 bits per heavy atom. The van der Waals surface area contributed by atoms with Crippen LogP contribution in [0.1, 0.15) is 17.4 Å². The molecule has 1 atom stereocenters. The number of aromatic nitrogens is 1. The molecule has 0 bridgehead atoms.